The van der Waals surface area contributed by atoms with Crippen LogP contribution in [-0.2, 0) is 6.18 Å². The maximum atomic E-state index is 12.5. The van der Waals surface area contributed by atoms with Gasteiger partial charge in [0.2, 0.25) is 0 Å². The van der Waals surface area contributed by atoms with E-state index in [0.29, 0.717) is 0 Å². The largest absolute Gasteiger partial charge is 0.416 e. The van der Waals surface area contributed by atoms with Crippen molar-refractivity contribution in [2.24, 2.45) is 0 Å². The van der Waals surface area contributed by atoms with Crippen molar-refractivity contribution < 1.29 is 22.0 Å². The van der Waals surface area contributed by atoms with Crippen LogP contribution in [0.15, 0.2) is 30.3 Å². The highest BCUT2D eigenvalue weighted by Crippen LogP contribution is 2.29. The molecule has 0 aliphatic rings. The molecule has 0 bridgehead atoms. The van der Waals surface area contributed by atoms with Gasteiger partial charge in [0.15, 0.2) is 0 Å². The molecule has 8 heteroatoms. The summed E-state index contributed by atoms with van der Waals surface area (Å²) in [5.74, 6) is 0. The number of alkyl halides is 5. The summed E-state index contributed by atoms with van der Waals surface area (Å²) in [5, 5.41) is 2.34. The van der Waals surface area contributed by atoms with Gasteiger partial charge in [0.25, 0.3) is 6.43 Å². The van der Waals surface area contributed by atoms with Gasteiger partial charge in [0.1, 0.15) is 10.3 Å². The van der Waals surface area contributed by atoms with Crippen molar-refractivity contribution in [1.29, 1.82) is 0 Å². The molecule has 102 valence electrons. The highest BCUT2D eigenvalue weighted by atomic mass is 32.1. The standard InChI is InChI=1S/C11H7F5N2S/c12-10(13)8-5-9(19)18(17-8)7-3-1-6(2-4-7)11(14,15)16/h1-5,10,17H. The van der Waals surface area contributed by atoms with Crippen LogP contribution in [0.2, 0.25) is 0 Å². The average molecular weight is 294 g/mol. The third-order valence-electron chi connectivity index (χ3n) is 2.43. The molecule has 0 saturated carbocycles. The van der Waals surface area contributed by atoms with Gasteiger partial charge < -0.3 is 0 Å². The van der Waals surface area contributed by atoms with Crippen molar-refractivity contribution in [2.75, 3.05) is 0 Å². The van der Waals surface area contributed by atoms with Crippen LogP contribution in [0.4, 0.5) is 22.0 Å². The first kappa shape index (κ1) is 13.7. The van der Waals surface area contributed by atoms with E-state index >= 15 is 0 Å². The molecule has 0 aliphatic heterocycles. The molecule has 1 N–H and O–H groups in total. The summed E-state index contributed by atoms with van der Waals surface area (Å²) < 4.78 is 63.2. The van der Waals surface area contributed by atoms with E-state index in [4.69, 9.17) is 12.2 Å². The normalized spacial score (nSPS) is 12.1. The quantitative estimate of drug-likeness (QED) is 0.639. The second-order valence-corrected chi connectivity index (χ2v) is 4.15. The van der Waals surface area contributed by atoms with Crippen molar-refractivity contribution in [3.8, 4) is 5.69 Å². The van der Waals surface area contributed by atoms with Crippen molar-refractivity contribution >= 4 is 12.2 Å². The minimum Gasteiger partial charge on any atom is -0.291 e. The highest BCUT2D eigenvalue weighted by molar-refractivity contribution is 7.71. The molecule has 0 atom stereocenters. The average Bonchev–Trinajstić information content (AvgIpc) is 2.70. The molecule has 2 rings (SSSR count). The molecule has 0 amide bonds. The smallest absolute Gasteiger partial charge is 0.291 e. The molecule has 0 unspecified atom stereocenters. The Hall–Kier alpha value is -1.70. The molecule has 0 spiro atoms. The number of hydrogen-bond donors (Lipinski definition) is 1. The van der Waals surface area contributed by atoms with Gasteiger partial charge in [-0.3, -0.25) is 5.10 Å². The van der Waals surface area contributed by atoms with E-state index in [-0.39, 0.29) is 16.0 Å². The van der Waals surface area contributed by atoms with Crippen molar-refractivity contribution in [1.82, 2.24) is 9.78 Å². The molecule has 0 aliphatic carbocycles. The first-order valence-electron chi connectivity index (χ1n) is 5.07. The zero-order chi connectivity index (χ0) is 14.2. The number of H-pyrrole nitrogens is 1. The van der Waals surface area contributed by atoms with E-state index in [1.807, 2.05) is 0 Å². The lowest BCUT2D eigenvalue weighted by Gasteiger charge is -2.08. The van der Waals surface area contributed by atoms with E-state index in [1.165, 1.54) is 0 Å². The molecule has 1 aromatic heterocycles. The Morgan fingerprint density at radius 1 is 1.11 bits per heavy atom. The molecule has 1 aromatic carbocycles. The molecule has 0 radical (unpaired) electrons. The van der Waals surface area contributed by atoms with Crippen LogP contribution in [-0.4, -0.2) is 9.78 Å². The Bertz CT molecular complexity index is 624. The minimum absolute atomic E-state index is 0.0649. The molecule has 2 nitrogen and oxygen atoms in total. The van der Waals surface area contributed by atoms with Crippen LogP contribution in [0, 0.1) is 4.64 Å². The minimum atomic E-state index is -4.44. The van der Waals surface area contributed by atoms with Gasteiger partial charge in [-0.25, -0.2) is 13.5 Å². The SMILES string of the molecule is FC(F)c1cc(=S)n(-c2ccc(C(F)(F)F)cc2)[nH]1. The van der Waals surface area contributed by atoms with Crippen LogP contribution < -0.4 is 0 Å². The van der Waals surface area contributed by atoms with Crippen LogP contribution >= 0.6 is 12.2 Å². The number of aromatic nitrogens is 2. The van der Waals surface area contributed by atoms with Crippen LogP contribution in [0.25, 0.3) is 5.69 Å². The summed E-state index contributed by atoms with van der Waals surface area (Å²) >= 11 is 4.86. The summed E-state index contributed by atoms with van der Waals surface area (Å²) in [6, 6.07) is 5.10. The predicted molar refractivity (Wildman–Crippen MR) is 60.9 cm³/mol. The van der Waals surface area contributed by atoms with Gasteiger partial charge in [-0.05, 0) is 24.3 Å². The summed E-state index contributed by atoms with van der Waals surface area (Å²) in [7, 11) is 0. The van der Waals surface area contributed by atoms with E-state index in [1.54, 1.807) is 0 Å². The third kappa shape index (κ3) is 2.83. The fourth-order valence-corrected chi connectivity index (χ4v) is 1.80. The fraction of sp³-hybridized carbons (Fsp3) is 0.182. The molecule has 0 fully saturated rings. The van der Waals surface area contributed by atoms with Crippen molar-refractivity contribution in [3.05, 3.63) is 46.2 Å². The van der Waals surface area contributed by atoms with E-state index in [2.05, 4.69) is 5.10 Å². The lowest BCUT2D eigenvalue weighted by Crippen LogP contribution is -2.05. The summed E-state index contributed by atoms with van der Waals surface area (Å²) in [6.07, 6.45) is -7.17. The van der Waals surface area contributed by atoms with Gasteiger partial charge in [-0.2, -0.15) is 13.2 Å². The van der Waals surface area contributed by atoms with E-state index < -0.39 is 18.2 Å². The van der Waals surface area contributed by atoms with Gasteiger partial charge in [0.05, 0.1) is 11.3 Å². The monoisotopic (exact) mass is 294 g/mol. The first-order chi connectivity index (χ1) is 8.79. The second kappa shape index (κ2) is 4.76. The zero-order valence-electron chi connectivity index (χ0n) is 9.21. The number of hydrogen-bond acceptors (Lipinski definition) is 1. The molecular formula is C11H7F5N2S. The lowest BCUT2D eigenvalue weighted by atomic mass is 10.2. The van der Waals surface area contributed by atoms with Crippen molar-refractivity contribution in [3.63, 3.8) is 0 Å². The topological polar surface area (TPSA) is 20.7 Å². The van der Waals surface area contributed by atoms with Gasteiger partial charge in [-0.15, -0.1) is 0 Å². The van der Waals surface area contributed by atoms with E-state index in [9.17, 15) is 22.0 Å². The Morgan fingerprint density at radius 3 is 2.11 bits per heavy atom. The second-order valence-electron chi connectivity index (χ2n) is 3.73. The summed E-state index contributed by atoms with van der Waals surface area (Å²) in [4.78, 5) is 0. The summed E-state index contributed by atoms with van der Waals surface area (Å²) in [5.41, 5.74) is -0.946. The number of nitrogens with one attached hydrogen (secondary N) is 1. The predicted octanol–water partition coefficient (Wildman–Crippen LogP) is 4.49. The van der Waals surface area contributed by atoms with Crippen molar-refractivity contribution in [2.45, 2.75) is 12.6 Å². The van der Waals surface area contributed by atoms with Gasteiger partial charge in [-0.1, -0.05) is 12.2 Å². The Kier molecular flexibility index (Phi) is 3.44. The molecule has 0 saturated heterocycles. The maximum Gasteiger partial charge on any atom is 0.416 e. The first-order valence-corrected chi connectivity index (χ1v) is 5.47. The van der Waals surface area contributed by atoms with E-state index in [0.717, 1.165) is 35.0 Å². The Labute approximate surface area is 109 Å². The Morgan fingerprint density at radius 2 is 1.68 bits per heavy atom. The number of halogens is 5. The lowest BCUT2D eigenvalue weighted by molar-refractivity contribution is -0.137. The van der Waals surface area contributed by atoms with Crippen LogP contribution in [0.5, 0.6) is 0 Å². The molecule has 2 aromatic rings. The number of aromatic amines is 1. The van der Waals surface area contributed by atoms with Crippen LogP contribution in [0.3, 0.4) is 0 Å². The van der Waals surface area contributed by atoms with Gasteiger partial charge in [0, 0.05) is 6.07 Å². The number of nitrogens with zero attached hydrogens (tertiary/aromatic N) is 1. The maximum absolute atomic E-state index is 12.5. The fourth-order valence-electron chi connectivity index (χ4n) is 1.52. The number of benzene rings is 1. The Balaban J connectivity index is 2.40. The van der Waals surface area contributed by atoms with Gasteiger partial charge >= 0.3 is 6.18 Å². The highest BCUT2D eigenvalue weighted by Gasteiger charge is 2.30. The summed E-state index contributed by atoms with van der Waals surface area (Å²) in [6.45, 7) is 0. The molecular weight excluding hydrogens is 287 g/mol. The zero-order valence-corrected chi connectivity index (χ0v) is 10.0. The number of rotatable bonds is 2. The molecule has 1 heterocycles. The molecule has 19 heavy (non-hydrogen) atoms. The van der Waals surface area contributed by atoms with Crippen LogP contribution in [0.1, 0.15) is 17.7 Å². The third-order valence-corrected chi connectivity index (χ3v) is 2.73.